The molecule has 1 aliphatic heterocycles. The maximum atomic E-state index is 12.6. The van der Waals surface area contributed by atoms with Crippen molar-refractivity contribution in [1.82, 2.24) is 5.32 Å². The number of rotatable bonds is 6. The number of hydrogen-bond donors (Lipinski definition) is 2. The van der Waals surface area contributed by atoms with Gasteiger partial charge in [-0.15, -0.1) is 0 Å². The second-order valence-corrected chi connectivity index (χ2v) is 7.07. The summed E-state index contributed by atoms with van der Waals surface area (Å²) in [5.74, 6) is 0.00562. The topological polar surface area (TPSA) is 64.3 Å². The van der Waals surface area contributed by atoms with E-state index in [1.165, 1.54) is 5.56 Å². The minimum atomic E-state index is -0.302. The minimum Gasteiger partial charge on any atom is -0.373 e. The van der Waals surface area contributed by atoms with Gasteiger partial charge in [0.05, 0.1) is 12.0 Å². The van der Waals surface area contributed by atoms with Crippen molar-refractivity contribution in [2.24, 2.45) is 17.6 Å². The highest BCUT2D eigenvalue weighted by Crippen LogP contribution is 2.33. The summed E-state index contributed by atoms with van der Waals surface area (Å²) in [5, 5.41) is 3.10. The summed E-state index contributed by atoms with van der Waals surface area (Å²) in [6.07, 6.45) is 2.13. The van der Waals surface area contributed by atoms with E-state index in [9.17, 15) is 4.79 Å². The van der Waals surface area contributed by atoms with Crippen LogP contribution < -0.4 is 11.1 Å². The van der Waals surface area contributed by atoms with Crippen molar-refractivity contribution in [2.45, 2.75) is 31.9 Å². The zero-order valence-electron chi connectivity index (χ0n) is 15.3. The Bertz CT molecular complexity index is 690. The molecule has 3 N–H and O–H groups in total. The van der Waals surface area contributed by atoms with Crippen LogP contribution in [0.5, 0.6) is 0 Å². The summed E-state index contributed by atoms with van der Waals surface area (Å²) in [7, 11) is 0. The molecule has 0 radical (unpaired) electrons. The van der Waals surface area contributed by atoms with E-state index in [0.717, 1.165) is 25.0 Å². The van der Waals surface area contributed by atoms with E-state index in [1.807, 2.05) is 55.5 Å². The average Bonchev–Trinajstić information content (AvgIpc) is 2.72. The van der Waals surface area contributed by atoms with E-state index in [-0.39, 0.29) is 29.9 Å². The van der Waals surface area contributed by atoms with Gasteiger partial charge in [0, 0.05) is 25.1 Å². The monoisotopic (exact) mass is 352 g/mol. The lowest BCUT2D eigenvalue weighted by atomic mass is 9.89. The molecule has 1 amide bonds. The summed E-state index contributed by atoms with van der Waals surface area (Å²) in [6, 6.07) is 19.7. The first kappa shape index (κ1) is 18.6. The van der Waals surface area contributed by atoms with E-state index in [4.69, 9.17) is 10.5 Å². The highest BCUT2D eigenvalue weighted by molar-refractivity contribution is 5.79. The summed E-state index contributed by atoms with van der Waals surface area (Å²) < 4.78 is 6.01. The van der Waals surface area contributed by atoms with Gasteiger partial charge in [-0.3, -0.25) is 4.79 Å². The molecule has 0 aromatic heterocycles. The molecule has 1 saturated heterocycles. The fourth-order valence-corrected chi connectivity index (χ4v) is 3.58. The van der Waals surface area contributed by atoms with Crippen LogP contribution in [0.4, 0.5) is 0 Å². The third-order valence-corrected chi connectivity index (χ3v) is 5.25. The fraction of sp³-hybridized carbons (Fsp3) is 0.409. The Labute approximate surface area is 155 Å². The molecule has 138 valence electrons. The van der Waals surface area contributed by atoms with E-state index in [1.54, 1.807) is 0 Å². The molecule has 1 heterocycles. The number of ether oxygens (including phenoxy) is 1. The van der Waals surface area contributed by atoms with Gasteiger partial charge in [0.15, 0.2) is 0 Å². The second-order valence-electron chi connectivity index (χ2n) is 7.07. The Morgan fingerprint density at radius 2 is 1.81 bits per heavy atom. The predicted octanol–water partition coefficient (Wildman–Crippen LogP) is 3.61. The van der Waals surface area contributed by atoms with Crippen LogP contribution in [0.2, 0.25) is 0 Å². The van der Waals surface area contributed by atoms with Crippen molar-refractivity contribution in [3.05, 3.63) is 71.8 Å². The number of carbonyl (C=O) groups excluding carboxylic acids is 1. The molecule has 4 atom stereocenters. The van der Waals surface area contributed by atoms with Gasteiger partial charge in [0.25, 0.3) is 0 Å². The lowest BCUT2D eigenvalue weighted by molar-refractivity contribution is -0.126. The predicted molar refractivity (Wildman–Crippen MR) is 103 cm³/mol. The minimum absolute atomic E-state index is 0.00117. The molecule has 2 aromatic rings. The van der Waals surface area contributed by atoms with E-state index in [2.05, 4.69) is 17.4 Å². The van der Waals surface area contributed by atoms with Crippen LogP contribution in [0.25, 0.3) is 0 Å². The van der Waals surface area contributed by atoms with Crippen LogP contribution in [0, 0.1) is 11.8 Å². The molecule has 3 rings (SSSR count). The number of benzene rings is 2. The highest BCUT2D eigenvalue weighted by atomic mass is 16.5. The van der Waals surface area contributed by atoms with E-state index >= 15 is 0 Å². The quantitative estimate of drug-likeness (QED) is 0.835. The number of nitrogens with two attached hydrogens (primary N) is 1. The van der Waals surface area contributed by atoms with Gasteiger partial charge in [-0.05, 0) is 24.0 Å². The molecule has 0 aliphatic carbocycles. The summed E-state index contributed by atoms with van der Waals surface area (Å²) >= 11 is 0. The van der Waals surface area contributed by atoms with Gasteiger partial charge in [0.2, 0.25) is 5.91 Å². The molecule has 4 unspecified atom stereocenters. The first-order valence-electron chi connectivity index (χ1n) is 9.41. The molecule has 0 saturated carbocycles. The second kappa shape index (κ2) is 8.97. The zero-order valence-corrected chi connectivity index (χ0v) is 15.3. The van der Waals surface area contributed by atoms with Gasteiger partial charge in [-0.25, -0.2) is 0 Å². The van der Waals surface area contributed by atoms with Gasteiger partial charge in [-0.1, -0.05) is 67.6 Å². The molecule has 0 spiro atoms. The fourth-order valence-electron chi connectivity index (χ4n) is 3.58. The van der Waals surface area contributed by atoms with Crippen LogP contribution in [0.1, 0.15) is 43.0 Å². The SMILES string of the molecule is CC(C(=O)NCC1CCCOC1c1ccccc1)C(N)c1ccccc1. The van der Waals surface area contributed by atoms with Gasteiger partial charge in [0.1, 0.15) is 0 Å². The maximum Gasteiger partial charge on any atom is 0.224 e. The largest absolute Gasteiger partial charge is 0.373 e. The first-order valence-corrected chi connectivity index (χ1v) is 9.41. The van der Waals surface area contributed by atoms with Crippen LogP contribution in [-0.4, -0.2) is 19.1 Å². The van der Waals surface area contributed by atoms with Crippen molar-refractivity contribution < 1.29 is 9.53 Å². The van der Waals surface area contributed by atoms with Crippen molar-refractivity contribution in [3.8, 4) is 0 Å². The highest BCUT2D eigenvalue weighted by Gasteiger charge is 2.29. The molecule has 26 heavy (non-hydrogen) atoms. The number of amides is 1. The van der Waals surface area contributed by atoms with Crippen molar-refractivity contribution in [2.75, 3.05) is 13.2 Å². The summed E-state index contributed by atoms with van der Waals surface area (Å²) in [5.41, 5.74) is 8.45. The zero-order chi connectivity index (χ0) is 18.4. The van der Waals surface area contributed by atoms with E-state index in [0.29, 0.717) is 6.54 Å². The Kier molecular flexibility index (Phi) is 6.42. The third kappa shape index (κ3) is 4.51. The number of nitrogens with one attached hydrogen (secondary N) is 1. The molecule has 1 fully saturated rings. The normalized spacial score (nSPS) is 22.4. The Morgan fingerprint density at radius 3 is 2.50 bits per heavy atom. The molecule has 2 aromatic carbocycles. The van der Waals surface area contributed by atoms with Crippen LogP contribution >= 0.6 is 0 Å². The lowest BCUT2D eigenvalue weighted by Crippen LogP contribution is -2.40. The Balaban J connectivity index is 1.59. The first-order chi connectivity index (χ1) is 12.7. The lowest BCUT2D eigenvalue weighted by Gasteiger charge is -2.32. The molecular formula is C22H28N2O2. The molecule has 0 bridgehead atoms. The molecule has 4 heteroatoms. The standard InChI is InChI=1S/C22H28N2O2/c1-16(20(23)17-9-4-2-5-10-17)22(25)24-15-19-13-8-14-26-21(19)18-11-6-3-7-12-18/h2-7,9-12,16,19-21H,8,13-15,23H2,1H3,(H,24,25). The van der Waals surface area contributed by atoms with Crippen molar-refractivity contribution in [3.63, 3.8) is 0 Å². The maximum absolute atomic E-state index is 12.6. The number of carbonyl (C=O) groups is 1. The van der Waals surface area contributed by atoms with Gasteiger partial charge >= 0.3 is 0 Å². The third-order valence-electron chi connectivity index (χ3n) is 5.25. The summed E-state index contributed by atoms with van der Waals surface area (Å²) in [4.78, 5) is 12.6. The Morgan fingerprint density at radius 1 is 1.15 bits per heavy atom. The van der Waals surface area contributed by atoms with Crippen molar-refractivity contribution in [1.29, 1.82) is 0 Å². The molecule has 4 nitrogen and oxygen atoms in total. The van der Waals surface area contributed by atoms with Gasteiger partial charge in [-0.2, -0.15) is 0 Å². The number of hydrogen-bond acceptors (Lipinski definition) is 3. The van der Waals surface area contributed by atoms with Crippen LogP contribution in [-0.2, 0) is 9.53 Å². The van der Waals surface area contributed by atoms with Crippen LogP contribution in [0.15, 0.2) is 60.7 Å². The Hall–Kier alpha value is -2.17. The average molecular weight is 352 g/mol. The summed E-state index contributed by atoms with van der Waals surface area (Å²) in [6.45, 7) is 3.28. The molecule has 1 aliphatic rings. The van der Waals surface area contributed by atoms with E-state index < -0.39 is 0 Å². The van der Waals surface area contributed by atoms with Crippen LogP contribution in [0.3, 0.4) is 0 Å². The van der Waals surface area contributed by atoms with Crippen molar-refractivity contribution >= 4 is 5.91 Å². The van der Waals surface area contributed by atoms with Gasteiger partial charge < -0.3 is 15.8 Å². The smallest absolute Gasteiger partial charge is 0.224 e. The molecular weight excluding hydrogens is 324 g/mol.